The van der Waals surface area contributed by atoms with Crippen LogP contribution in [0.5, 0.6) is 11.6 Å². The topological polar surface area (TPSA) is 150 Å². The first-order valence-electron chi connectivity index (χ1n) is 10.5. The number of ether oxygens (including phenoxy) is 2. The van der Waals surface area contributed by atoms with Crippen molar-refractivity contribution in [3.8, 4) is 11.6 Å². The number of nitrogens with zero attached hydrogens (tertiary/aromatic N) is 4. The first kappa shape index (κ1) is 23.3. The lowest BCUT2D eigenvalue weighted by Crippen LogP contribution is -2.36. The van der Waals surface area contributed by atoms with Gasteiger partial charge in [-0.25, -0.2) is 20.8 Å². The van der Waals surface area contributed by atoms with Crippen LogP contribution in [0.1, 0.15) is 36.8 Å². The average molecular weight is 443 g/mol. The molecule has 0 bridgehead atoms. The van der Waals surface area contributed by atoms with E-state index in [-0.39, 0.29) is 18.4 Å². The van der Waals surface area contributed by atoms with Gasteiger partial charge in [-0.3, -0.25) is 4.79 Å². The number of carboxylic acids is 1. The molecule has 1 aliphatic carbocycles. The number of carboxylic acid groups (broad SMARTS) is 1. The number of hydrogen-bond donors (Lipinski definition) is 3. The predicted octanol–water partition coefficient (Wildman–Crippen LogP) is 1.74. The van der Waals surface area contributed by atoms with Crippen molar-refractivity contribution >= 4 is 11.7 Å². The third kappa shape index (κ3) is 5.44. The number of hydrogen-bond acceptors (Lipinski definition) is 9. The minimum absolute atomic E-state index is 0.0289. The molecule has 10 heteroatoms. The summed E-state index contributed by atoms with van der Waals surface area (Å²) in [6.07, 6.45) is 3.79. The second kappa shape index (κ2) is 10.3. The van der Waals surface area contributed by atoms with Gasteiger partial charge in [0.2, 0.25) is 5.88 Å². The lowest BCUT2D eigenvalue weighted by atomic mass is 9.74. The Hall–Kier alpha value is -3.40. The van der Waals surface area contributed by atoms with Gasteiger partial charge in [0, 0.05) is 24.7 Å². The molecule has 0 aromatic carbocycles. The van der Waals surface area contributed by atoms with E-state index in [1.807, 2.05) is 13.8 Å². The molecule has 3 rings (SSSR count). The highest BCUT2D eigenvalue weighted by atomic mass is 16.5. The monoisotopic (exact) mass is 442 g/mol. The Morgan fingerprint density at radius 3 is 2.66 bits per heavy atom. The normalized spacial score (nSPS) is 18.4. The first-order chi connectivity index (χ1) is 15.3. The number of carbonyl (C=O) groups is 1. The van der Waals surface area contributed by atoms with Crippen LogP contribution in [0.15, 0.2) is 30.2 Å². The standard InChI is InChI=1S/C22H30N6O4/c1-4-15-9-20(26-12-25-15)32-11-18(28(3)24)21(23)17-7-8-19(13(2)27-17)31-10-14-5-6-16(14)22(29)30/h7-9,12,14,16H,4-6,10-11,23-24H2,1-3H3,(H,29,30)/b21-18-/t14?,16-/m1/s1. The highest BCUT2D eigenvalue weighted by molar-refractivity contribution is 5.71. The van der Waals surface area contributed by atoms with E-state index in [9.17, 15) is 9.90 Å². The number of aromatic nitrogens is 3. The fourth-order valence-electron chi connectivity index (χ4n) is 3.45. The maximum Gasteiger partial charge on any atom is 0.306 e. The van der Waals surface area contributed by atoms with Crippen LogP contribution in [0.4, 0.5) is 0 Å². The predicted molar refractivity (Wildman–Crippen MR) is 118 cm³/mol. The van der Waals surface area contributed by atoms with E-state index < -0.39 is 5.97 Å². The number of aryl methyl sites for hydroxylation is 2. The van der Waals surface area contributed by atoms with Crippen molar-refractivity contribution < 1.29 is 19.4 Å². The van der Waals surface area contributed by atoms with Crippen LogP contribution in [0.3, 0.4) is 0 Å². The number of hydrazine groups is 1. The van der Waals surface area contributed by atoms with Crippen molar-refractivity contribution in [2.45, 2.75) is 33.1 Å². The fourth-order valence-corrected chi connectivity index (χ4v) is 3.45. The van der Waals surface area contributed by atoms with Crippen LogP contribution < -0.4 is 21.1 Å². The van der Waals surface area contributed by atoms with Gasteiger partial charge in [0.25, 0.3) is 0 Å². The van der Waals surface area contributed by atoms with Gasteiger partial charge in [-0.15, -0.1) is 0 Å². The average Bonchev–Trinajstić information content (AvgIpc) is 2.73. The largest absolute Gasteiger partial charge is 0.491 e. The van der Waals surface area contributed by atoms with Crippen molar-refractivity contribution in [3.63, 3.8) is 0 Å². The van der Waals surface area contributed by atoms with Crippen LogP contribution in [-0.2, 0) is 11.2 Å². The van der Waals surface area contributed by atoms with E-state index in [0.29, 0.717) is 47.4 Å². The molecule has 0 spiro atoms. The molecule has 0 saturated heterocycles. The van der Waals surface area contributed by atoms with Crippen molar-refractivity contribution in [2.24, 2.45) is 23.4 Å². The molecule has 1 aliphatic rings. The molecule has 172 valence electrons. The van der Waals surface area contributed by atoms with Gasteiger partial charge in [-0.1, -0.05) is 6.92 Å². The van der Waals surface area contributed by atoms with Gasteiger partial charge in [0.15, 0.2) is 0 Å². The van der Waals surface area contributed by atoms with Crippen LogP contribution in [0.2, 0.25) is 0 Å². The highest BCUT2D eigenvalue weighted by Gasteiger charge is 2.37. The number of pyridine rings is 1. The summed E-state index contributed by atoms with van der Waals surface area (Å²) < 4.78 is 11.6. The molecule has 0 amide bonds. The molecule has 10 nitrogen and oxygen atoms in total. The maximum atomic E-state index is 11.2. The third-order valence-electron chi connectivity index (χ3n) is 5.66. The molecule has 2 aromatic heterocycles. The molecule has 0 radical (unpaired) electrons. The van der Waals surface area contributed by atoms with Crippen molar-refractivity contribution in [2.75, 3.05) is 20.3 Å². The zero-order valence-corrected chi connectivity index (χ0v) is 18.6. The molecule has 1 unspecified atom stereocenters. The van der Waals surface area contributed by atoms with Gasteiger partial charge in [0.05, 0.1) is 35.3 Å². The maximum absolute atomic E-state index is 11.2. The summed E-state index contributed by atoms with van der Waals surface area (Å²) >= 11 is 0. The molecule has 0 aliphatic heterocycles. The minimum atomic E-state index is -0.763. The van der Waals surface area contributed by atoms with Crippen LogP contribution in [-0.4, -0.2) is 51.3 Å². The molecule has 2 atom stereocenters. The summed E-state index contributed by atoms with van der Waals surface area (Å²) in [5.41, 5.74) is 9.34. The Balaban J connectivity index is 1.70. The Bertz CT molecular complexity index is 994. The van der Waals surface area contributed by atoms with Crippen molar-refractivity contribution in [1.82, 2.24) is 20.0 Å². The molecule has 2 heterocycles. The smallest absolute Gasteiger partial charge is 0.306 e. The van der Waals surface area contributed by atoms with E-state index in [1.54, 1.807) is 25.2 Å². The van der Waals surface area contributed by atoms with Gasteiger partial charge < -0.3 is 25.3 Å². The molecular weight excluding hydrogens is 412 g/mol. The van der Waals surface area contributed by atoms with E-state index in [2.05, 4.69) is 15.0 Å². The Kier molecular flexibility index (Phi) is 7.47. The number of likely N-dealkylation sites (N-methyl/N-ethyl adjacent to an activating group) is 1. The SMILES string of the molecule is CCc1cc(OC/C(=C(/N)c2ccc(OCC3CC[C@H]3C(=O)O)c(C)n2)N(C)N)ncn1. The molecule has 2 aromatic rings. The molecular formula is C22H30N6O4. The van der Waals surface area contributed by atoms with Crippen LogP contribution in [0, 0.1) is 18.8 Å². The summed E-state index contributed by atoms with van der Waals surface area (Å²) in [5.74, 6) is 5.96. The highest BCUT2D eigenvalue weighted by Crippen LogP contribution is 2.35. The second-order valence-electron chi connectivity index (χ2n) is 7.83. The van der Waals surface area contributed by atoms with Gasteiger partial charge in [-0.2, -0.15) is 0 Å². The summed E-state index contributed by atoms with van der Waals surface area (Å²) in [6, 6.07) is 5.30. The summed E-state index contributed by atoms with van der Waals surface area (Å²) in [4.78, 5) is 24.0. The lowest BCUT2D eigenvalue weighted by molar-refractivity contribution is -0.148. The molecule has 1 fully saturated rings. The number of aliphatic carboxylic acids is 1. The van der Waals surface area contributed by atoms with E-state index in [4.69, 9.17) is 21.1 Å². The van der Waals surface area contributed by atoms with Gasteiger partial charge in [-0.05, 0) is 38.3 Å². The summed E-state index contributed by atoms with van der Waals surface area (Å²) in [5, 5.41) is 10.6. The number of rotatable bonds is 10. The summed E-state index contributed by atoms with van der Waals surface area (Å²) in [6.45, 7) is 4.28. The van der Waals surface area contributed by atoms with Gasteiger partial charge in [0.1, 0.15) is 18.7 Å². The zero-order valence-electron chi connectivity index (χ0n) is 18.6. The Morgan fingerprint density at radius 2 is 2.06 bits per heavy atom. The van der Waals surface area contributed by atoms with Crippen LogP contribution >= 0.6 is 0 Å². The second-order valence-corrected chi connectivity index (χ2v) is 7.83. The zero-order chi connectivity index (χ0) is 23.3. The van der Waals surface area contributed by atoms with E-state index in [1.165, 1.54) is 11.3 Å². The van der Waals surface area contributed by atoms with E-state index in [0.717, 1.165) is 18.5 Å². The van der Waals surface area contributed by atoms with Crippen molar-refractivity contribution in [3.05, 3.63) is 47.3 Å². The summed E-state index contributed by atoms with van der Waals surface area (Å²) in [7, 11) is 1.67. The minimum Gasteiger partial charge on any atom is -0.491 e. The molecule has 32 heavy (non-hydrogen) atoms. The van der Waals surface area contributed by atoms with Crippen LogP contribution in [0.25, 0.3) is 5.70 Å². The first-order valence-corrected chi connectivity index (χ1v) is 10.5. The number of nitrogens with two attached hydrogens (primary N) is 2. The Morgan fingerprint density at radius 1 is 1.28 bits per heavy atom. The molecule has 5 N–H and O–H groups in total. The van der Waals surface area contributed by atoms with Gasteiger partial charge >= 0.3 is 5.97 Å². The van der Waals surface area contributed by atoms with Crippen molar-refractivity contribution in [1.29, 1.82) is 0 Å². The Labute approximate surface area is 187 Å². The molecule has 1 saturated carbocycles. The third-order valence-corrected chi connectivity index (χ3v) is 5.66. The fraction of sp³-hybridized carbons (Fsp3) is 0.455. The lowest BCUT2D eigenvalue weighted by Gasteiger charge is -2.33. The van der Waals surface area contributed by atoms with E-state index >= 15 is 0 Å². The quantitative estimate of drug-likeness (QED) is 0.367.